The molecule has 6 nitrogen and oxygen atoms in total. The predicted octanol–water partition coefficient (Wildman–Crippen LogP) is 1.50. The van der Waals surface area contributed by atoms with Crippen LogP contribution in [0.1, 0.15) is 5.56 Å². The van der Waals surface area contributed by atoms with Gasteiger partial charge in [0.1, 0.15) is 11.5 Å². The number of methoxy groups -OCH3 is 2. The fraction of sp³-hybridized carbons (Fsp3) is 0.500. The molecule has 1 fully saturated rings. The average molecular weight is 280 g/mol. The lowest BCUT2D eigenvalue weighted by molar-refractivity contribution is 0.103. The molecule has 6 heteroatoms. The van der Waals surface area contributed by atoms with Crippen molar-refractivity contribution in [3.05, 3.63) is 23.8 Å². The van der Waals surface area contributed by atoms with Gasteiger partial charge in [0.2, 0.25) is 0 Å². The Balaban J connectivity index is 1.98. The van der Waals surface area contributed by atoms with Gasteiger partial charge in [0.05, 0.1) is 14.2 Å². The minimum atomic E-state index is -0.840. The standard InChI is InChI=1S/C14H20N2O4/c1-19-12-7-11(8-13(9-12)20-2)10-15-3-5-16(6-4-15)14(17)18/h7-9H,3-6,10H2,1-2H3,(H,17,18). The zero-order valence-corrected chi connectivity index (χ0v) is 11.8. The number of piperazine rings is 1. The van der Waals surface area contributed by atoms with Gasteiger partial charge in [-0.25, -0.2) is 4.79 Å². The van der Waals surface area contributed by atoms with E-state index in [9.17, 15) is 4.79 Å². The van der Waals surface area contributed by atoms with E-state index in [0.717, 1.165) is 36.7 Å². The highest BCUT2D eigenvalue weighted by Gasteiger charge is 2.20. The van der Waals surface area contributed by atoms with Crippen LogP contribution >= 0.6 is 0 Å². The first kappa shape index (κ1) is 14.5. The lowest BCUT2D eigenvalue weighted by atomic mass is 10.1. The summed E-state index contributed by atoms with van der Waals surface area (Å²) in [5, 5.41) is 8.93. The fourth-order valence-corrected chi connectivity index (χ4v) is 2.31. The molecule has 0 spiro atoms. The van der Waals surface area contributed by atoms with Crippen molar-refractivity contribution < 1.29 is 19.4 Å². The summed E-state index contributed by atoms with van der Waals surface area (Å²) in [7, 11) is 3.26. The number of carboxylic acid groups (broad SMARTS) is 1. The van der Waals surface area contributed by atoms with Gasteiger partial charge in [-0.05, 0) is 17.7 Å². The summed E-state index contributed by atoms with van der Waals surface area (Å²) < 4.78 is 10.5. The third kappa shape index (κ3) is 3.54. The lowest BCUT2D eigenvalue weighted by Gasteiger charge is -2.33. The molecule has 20 heavy (non-hydrogen) atoms. The Morgan fingerprint density at radius 2 is 1.65 bits per heavy atom. The van der Waals surface area contributed by atoms with Crippen molar-refractivity contribution in [3.63, 3.8) is 0 Å². The van der Waals surface area contributed by atoms with Crippen molar-refractivity contribution >= 4 is 6.09 Å². The summed E-state index contributed by atoms with van der Waals surface area (Å²) in [4.78, 5) is 14.5. The van der Waals surface area contributed by atoms with Gasteiger partial charge in [-0.2, -0.15) is 0 Å². The number of benzene rings is 1. The minimum Gasteiger partial charge on any atom is -0.497 e. The molecule has 1 aliphatic rings. The SMILES string of the molecule is COc1cc(CN2CCN(C(=O)O)CC2)cc(OC)c1. The molecule has 0 aromatic heterocycles. The highest BCUT2D eigenvalue weighted by atomic mass is 16.5. The quantitative estimate of drug-likeness (QED) is 0.905. The van der Waals surface area contributed by atoms with Crippen LogP contribution in [0.5, 0.6) is 11.5 Å². The molecule has 0 radical (unpaired) electrons. The lowest BCUT2D eigenvalue weighted by Crippen LogP contribution is -2.47. The van der Waals surface area contributed by atoms with Gasteiger partial charge in [0, 0.05) is 38.8 Å². The Labute approximate surface area is 118 Å². The number of amides is 1. The Morgan fingerprint density at radius 1 is 1.10 bits per heavy atom. The maximum absolute atomic E-state index is 10.9. The molecule has 1 aromatic carbocycles. The summed E-state index contributed by atoms with van der Waals surface area (Å²) in [5.74, 6) is 1.53. The van der Waals surface area contributed by atoms with E-state index < -0.39 is 6.09 Å². The zero-order valence-electron chi connectivity index (χ0n) is 11.8. The van der Waals surface area contributed by atoms with Crippen molar-refractivity contribution in [3.8, 4) is 11.5 Å². The third-order valence-electron chi connectivity index (χ3n) is 3.46. The van der Waals surface area contributed by atoms with E-state index in [2.05, 4.69) is 4.90 Å². The van der Waals surface area contributed by atoms with Gasteiger partial charge >= 0.3 is 6.09 Å². The number of hydrogen-bond donors (Lipinski definition) is 1. The number of ether oxygens (including phenoxy) is 2. The van der Waals surface area contributed by atoms with Crippen molar-refractivity contribution in [2.24, 2.45) is 0 Å². The van der Waals surface area contributed by atoms with Gasteiger partial charge in [0.15, 0.2) is 0 Å². The second kappa shape index (κ2) is 6.47. The predicted molar refractivity (Wildman–Crippen MR) is 74.4 cm³/mol. The fourth-order valence-electron chi connectivity index (χ4n) is 2.31. The van der Waals surface area contributed by atoms with Crippen LogP contribution < -0.4 is 9.47 Å². The van der Waals surface area contributed by atoms with E-state index in [1.807, 2.05) is 18.2 Å². The van der Waals surface area contributed by atoms with Crippen LogP contribution in [0.2, 0.25) is 0 Å². The number of rotatable bonds is 4. The van der Waals surface area contributed by atoms with E-state index in [0.29, 0.717) is 13.1 Å². The summed E-state index contributed by atoms with van der Waals surface area (Å²) >= 11 is 0. The summed E-state index contributed by atoms with van der Waals surface area (Å²) in [6.07, 6.45) is -0.840. The summed E-state index contributed by atoms with van der Waals surface area (Å²) in [6, 6.07) is 5.80. The Hall–Kier alpha value is -1.95. The van der Waals surface area contributed by atoms with Crippen LogP contribution in [0.25, 0.3) is 0 Å². The molecule has 1 heterocycles. The van der Waals surface area contributed by atoms with Crippen molar-refractivity contribution in [2.75, 3.05) is 40.4 Å². The van der Waals surface area contributed by atoms with E-state index in [4.69, 9.17) is 14.6 Å². The summed E-state index contributed by atoms with van der Waals surface area (Å²) in [5.41, 5.74) is 1.10. The van der Waals surface area contributed by atoms with Gasteiger partial charge < -0.3 is 19.5 Å². The number of carbonyl (C=O) groups is 1. The highest BCUT2D eigenvalue weighted by Crippen LogP contribution is 2.23. The first-order valence-electron chi connectivity index (χ1n) is 6.54. The van der Waals surface area contributed by atoms with Crippen molar-refractivity contribution in [1.82, 2.24) is 9.80 Å². The smallest absolute Gasteiger partial charge is 0.407 e. The zero-order chi connectivity index (χ0) is 14.5. The molecule has 1 N–H and O–H groups in total. The molecule has 110 valence electrons. The molecule has 1 saturated heterocycles. The molecule has 0 aliphatic carbocycles. The maximum Gasteiger partial charge on any atom is 0.407 e. The Morgan fingerprint density at radius 3 is 2.10 bits per heavy atom. The molecule has 0 bridgehead atoms. The third-order valence-corrected chi connectivity index (χ3v) is 3.46. The normalized spacial score (nSPS) is 16.0. The molecule has 0 atom stereocenters. The van der Waals surface area contributed by atoms with Crippen molar-refractivity contribution in [2.45, 2.75) is 6.54 Å². The van der Waals surface area contributed by atoms with Crippen LogP contribution in [0.4, 0.5) is 4.79 Å². The van der Waals surface area contributed by atoms with Gasteiger partial charge in [-0.15, -0.1) is 0 Å². The monoisotopic (exact) mass is 280 g/mol. The molecule has 2 rings (SSSR count). The van der Waals surface area contributed by atoms with Crippen LogP contribution in [0.3, 0.4) is 0 Å². The molecular formula is C14H20N2O4. The first-order valence-corrected chi connectivity index (χ1v) is 6.54. The summed E-state index contributed by atoms with van der Waals surface area (Å²) in [6.45, 7) is 3.35. The van der Waals surface area contributed by atoms with Crippen LogP contribution in [-0.2, 0) is 6.54 Å². The Kier molecular flexibility index (Phi) is 4.68. The highest BCUT2D eigenvalue weighted by molar-refractivity contribution is 5.65. The Bertz CT molecular complexity index is 448. The molecule has 1 aromatic rings. The number of nitrogens with zero attached hydrogens (tertiary/aromatic N) is 2. The van der Waals surface area contributed by atoms with Crippen LogP contribution in [-0.4, -0.2) is 61.4 Å². The second-order valence-corrected chi connectivity index (χ2v) is 4.77. The number of hydrogen-bond acceptors (Lipinski definition) is 4. The van der Waals surface area contributed by atoms with Crippen LogP contribution in [0, 0.1) is 0 Å². The molecule has 0 unspecified atom stereocenters. The van der Waals surface area contributed by atoms with Gasteiger partial charge in [-0.1, -0.05) is 0 Å². The van der Waals surface area contributed by atoms with E-state index in [1.54, 1.807) is 14.2 Å². The molecule has 1 aliphatic heterocycles. The molecule has 0 saturated carbocycles. The van der Waals surface area contributed by atoms with E-state index in [-0.39, 0.29) is 0 Å². The topological polar surface area (TPSA) is 62.2 Å². The molecule has 1 amide bonds. The van der Waals surface area contributed by atoms with Crippen LogP contribution in [0.15, 0.2) is 18.2 Å². The minimum absolute atomic E-state index is 0.552. The van der Waals surface area contributed by atoms with Crippen molar-refractivity contribution in [1.29, 1.82) is 0 Å². The largest absolute Gasteiger partial charge is 0.497 e. The van der Waals surface area contributed by atoms with Gasteiger partial charge in [-0.3, -0.25) is 4.90 Å². The molecular weight excluding hydrogens is 260 g/mol. The maximum atomic E-state index is 10.9. The second-order valence-electron chi connectivity index (χ2n) is 4.77. The van der Waals surface area contributed by atoms with E-state index >= 15 is 0 Å². The average Bonchev–Trinajstić information content (AvgIpc) is 2.47. The van der Waals surface area contributed by atoms with E-state index in [1.165, 1.54) is 4.90 Å². The van der Waals surface area contributed by atoms with Gasteiger partial charge in [0.25, 0.3) is 0 Å². The first-order chi connectivity index (χ1) is 9.62.